The Bertz CT molecular complexity index is 1540. The maximum atomic E-state index is 14.2. The van der Waals surface area contributed by atoms with Crippen molar-refractivity contribution in [3.8, 4) is 5.75 Å². The van der Waals surface area contributed by atoms with Gasteiger partial charge in [0.25, 0.3) is 5.91 Å². The van der Waals surface area contributed by atoms with Crippen molar-refractivity contribution in [2.75, 3.05) is 78.8 Å². The molecule has 0 spiro atoms. The van der Waals surface area contributed by atoms with Gasteiger partial charge in [-0.3, -0.25) is 29.0 Å². The van der Waals surface area contributed by atoms with Crippen LogP contribution >= 0.6 is 0 Å². The highest BCUT2D eigenvalue weighted by Gasteiger charge is 2.63. The summed E-state index contributed by atoms with van der Waals surface area (Å²) in [5.74, 6) is -7.00. The first-order chi connectivity index (χ1) is 21.6. The third-order valence-corrected chi connectivity index (χ3v) is 9.56. The maximum Gasteiger partial charge on any atom is 0.259 e. The number of likely N-dealkylation sites (N-methyl/N-ethyl adjacent to an activating group) is 2. The number of rotatable bonds is 8. The number of phenols is 1. The number of likely N-dealkylation sites (tertiary alicyclic amines) is 1. The number of nitrogens with zero attached hydrogens (tertiary/aromatic N) is 4. The van der Waals surface area contributed by atoms with Crippen LogP contribution in [-0.4, -0.2) is 139 Å². The standard InChI is InChI=1S/C32H44N6O8/c1-35(2)14-21(39)34-19-13-20(36(3)4)17-11-16-12-18-25(37(5)6)28(42)24(31(45)33-15-38-9-7-8-10-38)30(44)32(18,46)29(43)22(16)27(41)23(17)26(19)40/h13,16,18,25,40,42-43,46H,7-12,14-15H2,1-6H3,(H,33,45)(H,34,39)/t16?,18?,25-,32-/m0/s1. The average Bonchev–Trinajstić information content (AvgIpc) is 3.48. The minimum Gasteiger partial charge on any atom is -0.510 e. The first-order valence-electron chi connectivity index (χ1n) is 15.5. The van der Waals surface area contributed by atoms with E-state index in [4.69, 9.17) is 0 Å². The molecular weight excluding hydrogens is 596 g/mol. The van der Waals surface area contributed by atoms with Gasteiger partial charge in [-0.05, 0) is 84.5 Å². The predicted molar refractivity (Wildman–Crippen MR) is 170 cm³/mol. The number of Topliss-reactive ketones (excluding diaryl/α,β-unsaturated/α-hetero) is 2. The van der Waals surface area contributed by atoms with E-state index in [-0.39, 0.29) is 42.9 Å². The lowest BCUT2D eigenvalue weighted by atomic mass is 9.58. The van der Waals surface area contributed by atoms with Crippen molar-refractivity contribution in [1.82, 2.24) is 20.0 Å². The van der Waals surface area contributed by atoms with Gasteiger partial charge in [0.2, 0.25) is 11.7 Å². The van der Waals surface area contributed by atoms with Gasteiger partial charge in [-0.25, -0.2) is 0 Å². The molecule has 4 aliphatic rings. The zero-order chi connectivity index (χ0) is 33.8. The molecule has 1 heterocycles. The highest BCUT2D eigenvalue weighted by atomic mass is 16.3. The lowest BCUT2D eigenvalue weighted by molar-refractivity contribution is -0.148. The molecule has 14 nitrogen and oxygen atoms in total. The SMILES string of the molecule is CN(C)CC(=O)Nc1cc(N(C)C)c2c(c1O)C(=O)C1=C(O)[C@]3(O)C(=O)C(C(=O)NCN4CCCC4)=C(O)[C@@H](N(C)C)C3CC1C2. The van der Waals surface area contributed by atoms with E-state index in [2.05, 4.69) is 10.6 Å². The largest absolute Gasteiger partial charge is 0.510 e. The van der Waals surface area contributed by atoms with Crippen LogP contribution in [0, 0.1) is 11.8 Å². The molecule has 1 fully saturated rings. The second-order valence-electron chi connectivity index (χ2n) is 13.4. The Morgan fingerprint density at radius 3 is 2.28 bits per heavy atom. The molecule has 2 amide bonds. The molecule has 0 radical (unpaired) electrons. The summed E-state index contributed by atoms with van der Waals surface area (Å²) in [5, 5.41) is 51.9. The van der Waals surface area contributed by atoms with Gasteiger partial charge in [-0.15, -0.1) is 0 Å². The van der Waals surface area contributed by atoms with Gasteiger partial charge < -0.3 is 40.9 Å². The molecule has 2 unspecified atom stereocenters. The number of anilines is 2. The van der Waals surface area contributed by atoms with Crippen molar-refractivity contribution in [1.29, 1.82) is 0 Å². The molecule has 1 saturated heterocycles. The fraction of sp³-hybridized carbons (Fsp3) is 0.562. The second kappa shape index (κ2) is 12.3. The monoisotopic (exact) mass is 640 g/mol. The summed E-state index contributed by atoms with van der Waals surface area (Å²) in [6.45, 7) is 1.70. The summed E-state index contributed by atoms with van der Waals surface area (Å²) in [6.07, 6.45) is 2.11. The van der Waals surface area contributed by atoms with Crippen LogP contribution in [0.1, 0.15) is 35.2 Å². The molecule has 1 aromatic rings. The number of hydrogen-bond acceptors (Lipinski definition) is 12. The Balaban J connectivity index is 1.60. The predicted octanol–water partition coefficient (Wildman–Crippen LogP) is 0.371. The number of benzene rings is 1. The summed E-state index contributed by atoms with van der Waals surface area (Å²) >= 11 is 0. The van der Waals surface area contributed by atoms with Crippen LogP contribution < -0.4 is 15.5 Å². The normalized spacial score (nSPS) is 26.3. The number of hydrogen-bond donors (Lipinski definition) is 6. The third-order valence-electron chi connectivity index (χ3n) is 9.56. The second-order valence-corrected chi connectivity index (χ2v) is 13.4. The number of aliphatic hydroxyl groups excluding tert-OH is 2. The molecule has 0 saturated carbocycles. The average molecular weight is 641 g/mol. The van der Waals surface area contributed by atoms with Crippen LogP contribution in [0.5, 0.6) is 5.75 Å². The van der Waals surface area contributed by atoms with Gasteiger partial charge in [-0.2, -0.15) is 0 Å². The molecule has 46 heavy (non-hydrogen) atoms. The summed E-state index contributed by atoms with van der Waals surface area (Å²) < 4.78 is 0. The lowest BCUT2D eigenvalue weighted by Gasteiger charge is -2.50. The molecule has 6 N–H and O–H groups in total. The van der Waals surface area contributed by atoms with E-state index >= 15 is 0 Å². The Morgan fingerprint density at radius 2 is 1.70 bits per heavy atom. The topological polar surface area (TPSA) is 186 Å². The summed E-state index contributed by atoms with van der Waals surface area (Å²) in [4.78, 5) is 61.2. The Hall–Kier alpha value is -3.98. The van der Waals surface area contributed by atoms with Crippen LogP contribution in [-0.2, 0) is 20.8 Å². The molecule has 0 aromatic heterocycles. The summed E-state index contributed by atoms with van der Waals surface area (Å²) in [6, 6.07) is 0.545. The molecule has 1 aromatic carbocycles. The number of fused-ring (bicyclic) bond motifs is 3. The number of amides is 2. The fourth-order valence-electron chi connectivity index (χ4n) is 7.46. The number of carbonyl (C=O) groups is 4. The highest BCUT2D eigenvalue weighted by molar-refractivity contribution is 6.25. The van der Waals surface area contributed by atoms with E-state index in [1.54, 1.807) is 63.1 Å². The number of carbonyl (C=O) groups excluding carboxylic acids is 4. The van der Waals surface area contributed by atoms with Gasteiger partial charge in [0, 0.05) is 31.3 Å². The zero-order valence-electron chi connectivity index (χ0n) is 27.2. The van der Waals surface area contributed by atoms with Crippen LogP contribution in [0.4, 0.5) is 11.4 Å². The first-order valence-corrected chi connectivity index (χ1v) is 15.5. The molecule has 14 heteroatoms. The van der Waals surface area contributed by atoms with Gasteiger partial charge in [0.15, 0.2) is 17.1 Å². The first kappa shape index (κ1) is 33.4. The summed E-state index contributed by atoms with van der Waals surface area (Å²) in [5.41, 5.74) is -2.72. The molecule has 3 aliphatic carbocycles. The number of allylic oxidation sites excluding steroid dienone is 1. The molecule has 4 atom stereocenters. The van der Waals surface area contributed by atoms with Crippen LogP contribution in [0.15, 0.2) is 28.7 Å². The lowest BCUT2D eigenvalue weighted by Crippen LogP contribution is -2.64. The number of aromatic hydroxyl groups is 1. The van der Waals surface area contributed by atoms with Gasteiger partial charge in [0.1, 0.15) is 17.1 Å². The Labute approximate surface area is 267 Å². The van der Waals surface area contributed by atoms with E-state index in [9.17, 15) is 39.6 Å². The van der Waals surface area contributed by atoms with E-state index in [0.29, 0.717) is 11.3 Å². The van der Waals surface area contributed by atoms with Crippen LogP contribution in [0.25, 0.3) is 0 Å². The highest BCUT2D eigenvalue weighted by Crippen LogP contribution is 2.54. The van der Waals surface area contributed by atoms with Crippen molar-refractivity contribution in [2.24, 2.45) is 11.8 Å². The van der Waals surface area contributed by atoms with Gasteiger partial charge >= 0.3 is 0 Å². The van der Waals surface area contributed by atoms with Crippen LogP contribution in [0.2, 0.25) is 0 Å². The van der Waals surface area contributed by atoms with Crippen molar-refractivity contribution in [3.63, 3.8) is 0 Å². The quantitative estimate of drug-likeness (QED) is 0.170. The molecule has 5 rings (SSSR count). The van der Waals surface area contributed by atoms with Crippen molar-refractivity contribution < 1.29 is 39.6 Å². The number of phenolic OH excluding ortho intramolecular Hbond substituents is 1. The van der Waals surface area contributed by atoms with Crippen LogP contribution in [0.3, 0.4) is 0 Å². The molecular formula is C32H44N6O8. The van der Waals surface area contributed by atoms with E-state index in [1.807, 2.05) is 4.90 Å². The molecule has 1 aliphatic heterocycles. The van der Waals surface area contributed by atoms with E-state index in [0.717, 1.165) is 25.9 Å². The smallest absolute Gasteiger partial charge is 0.259 e. The summed E-state index contributed by atoms with van der Waals surface area (Å²) in [7, 11) is 10.2. The number of nitrogens with one attached hydrogen (secondary N) is 2. The van der Waals surface area contributed by atoms with Gasteiger partial charge in [0.05, 0.1) is 30.5 Å². The van der Waals surface area contributed by atoms with Gasteiger partial charge in [-0.1, -0.05) is 0 Å². The molecule has 0 bridgehead atoms. The minimum absolute atomic E-state index is 0.000169. The minimum atomic E-state index is -2.70. The zero-order valence-corrected chi connectivity index (χ0v) is 27.2. The molecule has 250 valence electrons. The fourth-order valence-corrected chi connectivity index (χ4v) is 7.46. The van der Waals surface area contributed by atoms with Crippen molar-refractivity contribution >= 4 is 34.8 Å². The van der Waals surface area contributed by atoms with E-state index < -0.39 is 69.7 Å². The number of ketones is 2. The van der Waals surface area contributed by atoms with E-state index in [1.165, 1.54) is 0 Å². The third kappa shape index (κ3) is 5.42. The Morgan fingerprint density at radius 1 is 1.04 bits per heavy atom. The van der Waals surface area contributed by atoms with Crippen molar-refractivity contribution in [2.45, 2.75) is 37.3 Å². The van der Waals surface area contributed by atoms with Crippen molar-refractivity contribution in [3.05, 3.63) is 39.9 Å². The Kier molecular flexibility index (Phi) is 8.94. The number of aliphatic hydroxyl groups is 3. The maximum absolute atomic E-state index is 14.2.